The van der Waals surface area contributed by atoms with Gasteiger partial charge >= 0.3 is 6.09 Å². The van der Waals surface area contributed by atoms with Crippen molar-refractivity contribution >= 4 is 17.7 Å². The maximum absolute atomic E-state index is 13.2. The van der Waals surface area contributed by atoms with Gasteiger partial charge in [-0.25, -0.2) is 9.78 Å². The van der Waals surface area contributed by atoms with Crippen LogP contribution >= 0.6 is 0 Å². The predicted octanol–water partition coefficient (Wildman–Crippen LogP) is 5.13. The van der Waals surface area contributed by atoms with Gasteiger partial charge < -0.3 is 9.47 Å². The predicted molar refractivity (Wildman–Crippen MR) is 124 cm³/mol. The van der Waals surface area contributed by atoms with Crippen LogP contribution in [0.15, 0.2) is 66.9 Å². The summed E-state index contributed by atoms with van der Waals surface area (Å²) in [5.41, 5.74) is 1.35. The smallest absolute Gasteiger partial charge is 0.416 e. The zero-order chi connectivity index (χ0) is 24.0. The molecule has 7 heteroatoms. The van der Waals surface area contributed by atoms with Gasteiger partial charge in [0, 0.05) is 11.8 Å². The first-order valence-corrected chi connectivity index (χ1v) is 10.3. The summed E-state index contributed by atoms with van der Waals surface area (Å²) < 4.78 is 10.9. The molecule has 0 radical (unpaired) electrons. The molecule has 7 nitrogen and oxygen atoms in total. The summed E-state index contributed by atoms with van der Waals surface area (Å²) in [5.74, 6) is 0.482. The molecule has 2 aromatic carbocycles. The lowest BCUT2D eigenvalue weighted by Crippen LogP contribution is -2.37. The van der Waals surface area contributed by atoms with Gasteiger partial charge in [-0.3, -0.25) is 9.69 Å². The van der Waals surface area contributed by atoms with Crippen LogP contribution in [0, 0.1) is 11.3 Å². The highest BCUT2D eigenvalue weighted by Gasteiger charge is 2.25. The number of para-hydroxylation sites is 1. The lowest BCUT2D eigenvalue weighted by molar-refractivity contribution is 0.0576. The van der Waals surface area contributed by atoms with Crippen LogP contribution in [0.25, 0.3) is 0 Å². The van der Waals surface area contributed by atoms with Crippen molar-refractivity contribution in [2.45, 2.75) is 32.9 Å². The second-order valence-corrected chi connectivity index (χ2v) is 8.31. The number of carbonyl (C=O) groups excluding carboxylic acids is 2. The summed E-state index contributed by atoms with van der Waals surface area (Å²) in [5, 5.41) is 9.03. The van der Waals surface area contributed by atoms with Gasteiger partial charge in [0.15, 0.2) is 5.78 Å². The van der Waals surface area contributed by atoms with E-state index in [2.05, 4.69) is 11.1 Å². The van der Waals surface area contributed by atoms with Crippen LogP contribution in [-0.2, 0) is 11.3 Å². The summed E-state index contributed by atoms with van der Waals surface area (Å²) in [6, 6.07) is 19.1. The molecule has 33 heavy (non-hydrogen) atoms. The monoisotopic (exact) mass is 443 g/mol. The number of nitrogens with zero attached hydrogens (tertiary/aromatic N) is 3. The highest BCUT2D eigenvalue weighted by Crippen LogP contribution is 2.24. The molecule has 0 aliphatic carbocycles. The number of hydrogen-bond donors (Lipinski definition) is 0. The third-order valence-electron chi connectivity index (χ3n) is 4.67. The molecule has 0 fully saturated rings. The van der Waals surface area contributed by atoms with E-state index in [9.17, 15) is 9.59 Å². The fourth-order valence-corrected chi connectivity index (χ4v) is 3.12. The first-order valence-electron chi connectivity index (χ1n) is 10.3. The number of carbonyl (C=O) groups is 2. The van der Waals surface area contributed by atoms with E-state index in [1.165, 1.54) is 18.2 Å². The average Bonchev–Trinajstić information content (AvgIpc) is 2.81. The number of ether oxygens (including phenoxy) is 2. The van der Waals surface area contributed by atoms with Crippen LogP contribution in [0.5, 0.6) is 5.75 Å². The first-order chi connectivity index (χ1) is 15.7. The molecule has 0 saturated carbocycles. The second kappa shape index (κ2) is 9.96. The number of benzene rings is 2. The van der Waals surface area contributed by atoms with Gasteiger partial charge in [-0.05, 0) is 62.7 Å². The number of rotatable bonds is 6. The molecule has 0 saturated heterocycles. The maximum Gasteiger partial charge on any atom is 0.416 e. The zero-order valence-electron chi connectivity index (χ0n) is 19.0. The van der Waals surface area contributed by atoms with Crippen LogP contribution in [0.1, 0.15) is 47.8 Å². The lowest BCUT2D eigenvalue weighted by atomic mass is 10.0. The number of amides is 1. The zero-order valence-corrected chi connectivity index (χ0v) is 19.0. The van der Waals surface area contributed by atoms with Gasteiger partial charge in [0.1, 0.15) is 17.2 Å². The Morgan fingerprint density at radius 3 is 2.39 bits per heavy atom. The number of ketones is 1. The Morgan fingerprint density at radius 1 is 1.06 bits per heavy atom. The highest BCUT2D eigenvalue weighted by atomic mass is 16.6. The summed E-state index contributed by atoms with van der Waals surface area (Å²) >= 11 is 0. The van der Waals surface area contributed by atoms with E-state index in [1.807, 2.05) is 0 Å². The van der Waals surface area contributed by atoms with Gasteiger partial charge in [0.2, 0.25) is 0 Å². The largest absolute Gasteiger partial charge is 0.496 e. The van der Waals surface area contributed by atoms with Crippen LogP contribution in [0.3, 0.4) is 0 Å². The molecule has 0 bridgehead atoms. The Bertz CT molecular complexity index is 1190. The molecular formula is C26H25N3O4. The van der Waals surface area contributed by atoms with Crippen molar-refractivity contribution in [3.8, 4) is 11.8 Å². The molecule has 1 aromatic heterocycles. The van der Waals surface area contributed by atoms with Crippen LogP contribution in [0.4, 0.5) is 10.6 Å². The Kier molecular flexibility index (Phi) is 7.09. The molecule has 0 atom stereocenters. The Morgan fingerprint density at radius 2 is 1.76 bits per heavy atom. The molecule has 0 aliphatic heterocycles. The van der Waals surface area contributed by atoms with E-state index < -0.39 is 11.7 Å². The Hall–Kier alpha value is -4.18. The SMILES string of the molecule is COc1ccccc1C(=O)c1ccnc(N(Cc2ccc(C#N)cc2)C(=O)OC(C)(C)C)c1. The third kappa shape index (κ3) is 5.95. The average molecular weight is 444 g/mol. The number of hydrogen-bond acceptors (Lipinski definition) is 6. The Labute approximate surface area is 193 Å². The molecule has 0 spiro atoms. The number of aromatic nitrogens is 1. The molecule has 0 aliphatic rings. The minimum atomic E-state index is -0.717. The quantitative estimate of drug-likeness (QED) is 0.490. The maximum atomic E-state index is 13.2. The van der Waals surface area contributed by atoms with E-state index in [4.69, 9.17) is 14.7 Å². The molecule has 0 N–H and O–H groups in total. The minimum absolute atomic E-state index is 0.153. The van der Waals surface area contributed by atoms with Crippen LogP contribution in [0.2, 0.25) is 0 Å². The van der Waals surface area contributed by atoms with Crippen molar-refractivity contribution in [2.24, 2.45) is 0 Å². The molecular weight excluding hydrogens is 418 g/mol. The van der Waals surface area contributed by atoms with Crippen molar-refractivity contribution in [3.05, 3.63) is 89.1 Å². The molecule has 168 valence electrons. The lowest BCUT2D eigenvalue weighted by Gasteiger charge is -2.27. The van der Waals surface area contributed by atoms with Gasteiger partial charge in [-0.2, -0.15) is 5.26 Å². The van der Waals surface area contributed by atoms with Crippen molar-refractivity contribution in [2.75, 3.05) is 12.0 Å². The number of methoxy groups -OCH3 is 1. The van der Waals surface area contributed by atoms with Gasteiger partial charge in [-0.15, -0.1) is 0 Å². The molecule has 3 rings (SSSR count). The van der Waals surface area contributed by atoms with Crippen molar-refractivity contribution in [1.29, 1.82) is 5.26 Å². The van der Waals surface area contributed by atoms with Gasteiger partial charge in [0.25, 0.3) is 0 Å². The van der Waals surface area contributed by atoms with E-state index >= 15 is 0 Å². The molecule has 0 unspecified atom stereocenters. The van der Waals surface area contributed by atoms with Crippen LogP contribution < -0.4 is 9.64 Å². The second-order valence-electron chi connectivity index (χ2n) is 8.31. The Balaban J connectivity index is 1.98. The molecule has 1 amide bonds. The summed E-state index contributed by atoms with van der Waals surface area (Å²) in [7, 11) is 1.51. The summed E-state index contributed by atoms with van der Waals surface area (Å²) in [6.45, 7) is 5.49. The normalized spacial score (nSPS) is 10.8. The molecule has 1 heterocycles. The van der Waals surface area contributed by atoms with Gasteiger partial charge in [-0.1, -0.05) is 24.3 Å². The van der Waals surface area contributed by atoms with E-state index in [0.717, 1.165) is 5.56 Å². The molecule has 3 aromatic rings. The van der Waals surface area contributed by atoms with Crippen molar-refractivity contribution in [3.63, 3.8) is 0 Å². The van der Waals surface area contributed by atoms with E-state index in [1.54, 1.807) is 81.4 Å². The minimum Gasteiger partial charge on any atom is -0.496 e. The van der Waals surface area contributed by atoms with Gasteiger partial charge in [0.05, 0.1) is 30.9 Å². The number of anilines is 1. The topological polar surface area (TPSA) is 92.5 Å². The van der Waals surface area contributed by atoms with Crippen molar-refractivity contribution < 1.29 is 19.1 Å². The van der Waals surface area contributed by atoms with E-state index in [0.29, 0.717) is 22.4 Å². The van der Waals surface area contributed by atoms with E-state index in [-0.39, 0.29) is 18.1 Å². The van der Waals surface area contributed by atoms with Crippen molar-refractivity contribution in [1.82, 2.24) is 4.98 Å². The number of pyridine rings is 1. The summed E-state index contributed by atoms with van der Waals surface area (Å²) in [6.07, 6.45) is 0.884. The first kappa shape index (κ1) is 23.5. The number of nitriles is 1. The third-order valence-corrected chi connectivity index (χ3v) is 4.67. The standard InChI is InChI=1S/C26H25N3O4/c1-26(2,3)33-25(31)29(17-19-11-9-18(16-27)10-12-19)23-15-20(13-14-28-23)24(30)21-7-5-6-8-22(21)32-4/h5-15H,17H2,1-4H3. The fourth-order valence-electron chi connectivity index (χ4n) is 3.12. The highest BCUT2D eigenvalue weighted by molar-refractivity contribution is 6.11. The van der Waals surface area contributed by atoms with Crippen LogP contribution in [-0.4, -0.2) is 29.6 Å². The fraction of sp³-hybridized carbons (Fsp3) is 0.231. The summed E-state index contributed by atoms with van der Waals surface area (Å²) in [4.78, 5) is 31.9.